The number of carbonyl (C=O) groups is 2. The predicted octanol–water partition coefficient (Wildman–Crippen LogP) is 2.35. The lowest BCUT2D eigenvalue weighted by Gasteiger charge is -2.31. The molecule has 1 fully saturated rings. The van der Waals surface area contributed by atoms with Crippen LogP contribution in [0.15, 0.2) is 52.0 Å². The van der Waals surface area contributed by atoms with Gasteiger partial charge in [0.15, 0.2) is 0 Å². The van der Waals surface area contributed by atoms with Gasteiger partial charge in [0.25, 0.3) is 0 Å². The molecular weight excluding hydrogens is 394 g/mol. The summed E-state index contributed by atoms with van der Waals surface area (Å²) >= 11 is 0. The standard InChI is InChI=1S/C20H25N3O5S/c1-15(24)22-17-4-6-19(7-5-17)29(26,27)23-10-8-16(9-11-23)13-20(25)21-14-18-3-2-12-28-18/h2-7,12,16H,8-11,13-14H2,1H3,(H,21,25)(H,22,24). The molecule has 1 aliphatic heterocycles. The first-order valence-electron chi connectivity index (χ1n) is 9.51. The Balaban J connectivity index is 1.50. The Kier molecular flexibility index (Phi) is 6.71. The molecule has 2 aromatic rings. The van der Waals surface area contributed by atoms with Crippen LogP contribution in [0.5, 0.6) is 0 Å². The molecule has 8 nitrogen and oxygen atoms in total. The van der Waals surface area contributed by atoms with E-state index in [1.807, 2.05) is 0 Å². The van der Waals surface area contributed by atoms with Crippen molar-refractivity contribution in [1.29, 1.82) is 0 Å². The number of furan rings is 1. The Bertz CT molecular complexity index is 931. The zero-order valence-corrected chi connectivity index (χ0v) is 17.1. The second-order valence-corrected chi connectivity index (χ2v) is 9.05. The van der Waals surface area contributed by atoms with Crippen molar-refractivity contribution < 1.29 is 22.4 Å². The molecule has 9 heteroatoms. The molecule has 2 amide bonds. The number of amides is 2. The minimum atomic E-state index is -3.59. The fraction of sp³-hybridized carbons (Fsp3) is 0.400. The topological polar surface area (TPSA) is 109 Å². The van der Waals surface area contributed by atoms with E-state index in [2.05, 4.69) is 10.6 Å². The Morgan fingerprint density at radius 1 is 1.14 bits per heavy atom. The van der Waals surface area contributed by atoms with Gasteiger partial charge in [-0.3, -0.25) is 9.59 Å². The van der Waals surface area contributed by atoms with Crippen molar-refractivity contribution in [3.05, 3.63) is 48.4 Å². The number of hydrogen-bond donors (Lipinski definition) is 2. The summed E-state index contributed by atoms with van der Waals surface area (Å²) in [6, 6.07) is 9.70. The van der Waals surface area contributed by atoms with E-state index in [9.17, 15) is 18.0 Å². The summed E-state index contributed by atoms with van der Waals surface area (Å²) < 4.78 is 32.3. The normalized spacial score (nSPS) is 15.8. The summed E-state index contributed by atoms with van der Waals surface area (Å²) in [7, 11) is -3.59. The van der Waals surface area contributed by atoms with E-state index in [-0.39, 0.29) is 22.6 Å². The Morgan fingerprint density at radius 2 is 1.83 bits per heavy atom. The summed E-state index contributed by atoms with van der Waals surface area (Å²) in [5, 5.41) is 5.44. The molecule has 29 heavy (non-hydrogen) atoms. The minimum absolute atomic E-state index is 0.0590. The van der Waals surface area contributed by atoms with Crippen LogP contribution in [0, 0.1) is 5.92 Å². The van der Waals surface area contributed by atoms with Crippen LogP contribution in [0.2, 0.25) is 0 Å². The van der Waals surface area contributed by atoms with E-state index in [0.717, 1.165) is 0 Å². The number of piperidine rings is 1. The molecule has 2 N–H and O–H groups in total. The Hall–Kier alpha value is -2.65. The van der Waals surface area contributed by atoms with Crippen molar-refractivity contribution in [2.45, 2.75) is 37.6 Å². The van der Waals surface area contributed by atoms with Crippen LogP contribution in [0.3, 0.4) is 0 Å². The first kappa shape index (κ1) is 21.1. The zero-order chi connectivity index (χ0) is 20.9. The molecule has 2 heterocycles. The molecule has 1 aromatic heterocycles. The van der Waals surface area contributed by atoms with Gasteiger partial charge in [0.05, 0.1) is 17.7 Å². The lowest BCUT2D eigenvalue weighted by atomic mass is 9.94. The monoisotopic (exact) mass is 419 g/mol. The van der Waals surface area contributed by atoms with Crippen molar-refractivity contribution in [2.24, 2.45) is 5.92 Å². The maximum Gasteiger partial charge on any atom is 0.243 e. The van der Waals surface area contributed by atoms with E-state index in [4.69, 9.17) is 4.42 Å². The number of nitrogens with zero attached hydrogens (tertiary/aromatic N) is 1. The van der Waals surface area contributed by atoms with Crippen molar-refractivity contribution in [3.63, 3.8) is 0 Å². The van der Waals surface area contributed by atoms with Gasteiger partial charge in [-0.05, 0) is 55.2 Å². The third kappa shape index (κ3) is 5.68. The summed E-state index contributed by atoms with van der Waals surface area (Å²) in [6.45, 7) is 2.51. The molecular formula is C20H25N3O5S. The number of benzene rings is 1. The van der Waals surface area contributed by atoms with Gasteiger partial charge in [-0.25, -0.2) is 8.42 Å². The summed E-state index contributed by atoms with van der Waals surface area (Å²) in [6.07, 6.45) is 3.21. The Morgan fingerprint density at radius 3 is 2.41 bits per heavy atom. The highest BCUT2D eigenvalue weighted by Gasteiger charge is 2.30. The highest BCUT2D eigenvalue weighted by atomic mass is 32.2. The fourth-order valence-electron chi connectivity index (χ4n) is 3.35. The summed E-state index contributed by atoms with van der Waals surface area (Å²) in [5.41, 5.74) is 0.552. The highest BCUT2D eigenvalue weighted by molar-refractivity contribution is 7.89. The minimum Gasteiger partial charge on any atom is -0.467 e. The number of nitrogens with one attached hydrogen (secondary N) is 2. The van der Waals surface area contributed by atoms with Gasteiger partial charge < -0.3 is 15.1 Å². The van der Waals surface area contributed by atoms with Gasteiger partial charge in [-0.1, -0.05) is 0 Å². The smallest absolute Gasteiger partial charge is 0.243 e. The van der Waals surface area contributed by atoms with E-state index in [1.165, 1.54) is 23.4 Å². The van der Waals surface area contributed by atoms with Gasteiger partial charge in [0, 0.05) is 32.1 Å². The van der Waals surface area contributed by atoms with Gasteiger partial charge in [0.2, 0.25) is 21.8 Å². The van der Waals surface area contributed by atoms with Crippen LogP contribution >= 0.6 is 0 Å². The molecule has 0 unspecified atom stereocenters. The second-order valence-electron chi connectivity index (χ2n) is 7.11. The molecule has 156 valence electrons. The maximum atomic E-state index is 12.8. The summed E-state index contributed by atoms with van der Waals surface area (Å²) in [5.74, 6) is 0.580. The van der Waals surface area contributed by atoms with Gasteiger partial charge in [-0.2, -0.15) is 4.31 Å². The molecule has 0 spiro atoms. The van der Waals surface area contributed by atoms with E-state index >= 15 is 0 Å². The predicted molar refractivity (Wildman–Crippen MR) is 107 cm³/mol. The van der Waals surface area contributed by atoms with Crippen LogP contribution in [0.4, 0.5) is 5.69 Å². The molecule has 0 bridgehead atoms. The van der Waals surface area contributed by atoms with Crippen molar-refractivity contribution >= 4 is 27.5 Å². The van der Waals surface area contributed by atoms with Gasteiger partial charge >= 0.3 is 0 Å². The summed E-state index contributed by atoms with van der Waals surface area (Å²) in [4.78, 5) is 23.4. The third-order valence-electron chi connectivity index (χ3n) is 4.90. The quantitative estimate of drug-likeness (QED) is 0.716. The largest absolute Gasteiger partial charge is 0.467 e. The van der Waals surface area contributed by atoms with Crippen molar-refractivity contribution in [1.82, 2.24) is 9.62 Å². The molecule has 0 aliphatic carbocycles. The van der Waals surface area contributed by atoms with Crippen LogP contribution in [0.25, 0.3) is 0 Å². The van der Waals surface area contributed by atoms with Gasteiger partial charge in [-0.15, -0.1) is 0 Å². The lowest BCUT2D eigenvalue weighted by Crippen LogP contribution is -2.39. The zero-order valence-electron chi connectivity index (χ0n) is 16.3. The first-order valence-corrected chi connectivity index (χ1v) is 11.0. The molecule has 1 saturated heterocycles. The number of sulfonamides is 1. The first-order chi connectivity index (χ1) is 13.8. The lowest BCUT2D eigenvalue weighted by molar-refractivity contribution is -0.122. The number of anilines is 1. The molecule has 1 aromatic carbocycles. The van der Waals surface area contributed by atoms with Crippen LogP contribution < -0.4 is 10.6 Å². The second kappa shape index (κ2) is 9.23. The molecule has 1 aliphatic rings. The third-order valence-corrected chi connectivity index (χ3v) is 6.81. The average Bonchev–Trinajstić information content (AvgIpc) is 3.20. The molecule has 0 radical (unpaired) electrons. The van der Waals surface area contributed by atoms with Crippen LogP contribution in [0.1, 0.15) is 31.9 Å². The molecule has 0 saturated carbocycles. The number of rotatable bonds is 7. The molecule has 0 atom stereocenters. The van der Waals surface area contributed by atoms with Crippen molar-refractivity contribution in [3.8, 4) is 0 Å². The maximum absolute atomic E-state index is 12.8. The number of carbonyl (C=O) groups excluding carboxylic acids is 2. The highest BCUT2D eigenvalue weighted by Crippen LogP contribution is 2.26. The van der Waals surface area contributed by atoms with Gasteiger partial charge in [0.1, 0.15) is 5.76 Å². The van der Waals surface area contributed by atoms with Crippen LogP contribution in [-0.4, -0.2) is 37.6 Å². The Labute approximate surface area is 170 Å². The SMILES string of the molecule is CC(=O)Nc1ccc(S(=O)(=O)N2CCC(CC(=O)NCc3ccco3)CC2)cc1. The fourth-order valence-corrected chi connectivity index (χ4v) is 4.82. The van der Waals surface area contributed by atoms with E-state index < -0.39 is 10.0 Å². The molecule has 3 rings (SSSR count). The number of hydrogen-bond acceptors (Lipinski definition) is 5. The van der Waals surface area contributed by atoms with E-state index in [1.54, 1.807) is 30.5 Å². The average molecular weight is 420 g/mol. The van der Waals surface area contributed by atoms with Crippen LogP contribution in [-0.2, 0) is 26.2 Å². The van der Waals surface area contributed by atoms with E-state index in [0.29, 0.717) is 50.3 Å². The van der Waals surface area contributed by atoms with Crippen molar-refractivity contribution in [2.75, 3.05) is 18.4 Å².